The topological polar surface area (TPSA) is 86.5 Å². The van der Waals surface area contributed by atoms with Gasteiger partial charge in [-0.15, -0.1) is 11.3 Å². The first-order chi connectivity index (χ1) is 17.5. The van der Waals surface area contributed by atoms with E-state index in [4.69, 9.17) is 0 Å². The largest absolute Gasteiger partial charge is 0.352 e. The summed E-state index contributed by atoms with van der Waals surface area (Å²) in [6.45, 7) is 4.08. The Bertz CT molecular complexity index is 1690. The molecular formula is C29H25N5OS. The van der Waals surface area contributed by atoms with Gasteiger partial charge in [0.25, 0.3) is 0 Å². The van der Waals surface area contributed by atoms with Crippen molar-refractivity contribution >= 4 is 44.7 Å². The van der Waals surface area contributed by atoms with Crippen LogP contribution in [-0.4, -0.2) is 26.1 Å². The van der Waals surface area contributed by atoms with Crippen LogP contribution >= 0.6 is 11.3 Å². The molecular weight excluding hydrogens is 466 g/mol. The Hall–Kier alpha value is -4.23. The van der Waals surface area contributed by atoms with E-state index in [1.54, 1.807) is 11.3 Å². The van der Waals surface area contributed by atoms with Crippen LogP contribution in [0.4, 0.5) is 5.69 Å². The molecule has 6 rings (SSSR count). The molecule has 0 spiro atoms. The van der Waals surface area contributed by atoms with Crippen LogP contribution in [0.25, 0.3) is 54.8 Å². The Labute approximate surface area is 212 Å². The zero-order valence-corrected chi connectivity index (χ0v) is 20.8. The number of carbonyl (C=O) groups is 1. The number of H-pyrrole nitrogens is 2. The highest BCUT2D eigenvalue weighted by atomic mass is 32.1. The molecule has 1 amide bonds. The lowest BCUT2D eigenvalue weighted by molar-refractivity contribution is -0.116. The zero-order chi connectivity index (χ0) is 24.6. The van der Waals surface area contributed by atoms with E-state index >= 15 is 0 Å². The van der Waals surface area contributed by atoms with E-state index in [0.717, 1.165) is 55.6 Å². The van der Waals surface area contributed by atoms with Crippen LogP contribution in [0.15, 0.2) is 78.4 Å². The summed E-state index contributed by atoms with van der Waals surface area (Å²) in [6.07, 6.45) is 4.28. The highest BCUT2D eigenvalue weighted by molar-refractivity contribution is 7.13. The van der Waals surface area contributed by atoms with Crippen molar-refractivity contribution in [1.29, 1.82) is 0 Å². The molecule has 0 fully saturated rings. The molecule has 0 aliphatic carbocycles. The quantitative estimate of drug-likeness (QED) is 0.226. The second-order valence-corrected chi connectivity index (χ2v) is 10.3. The molecule has 0 saturated heterocycles. The number of nitrogens with zero attached hydrogens (tertiary/aromatic N) is 2. The van der Waals surface area contributed by atoms with Gasteiger partial charge in [0.1, 0.15) is 5.69 Å². The summed E-state index contributed by atoms with van der Waals surface area (Å²) in [7, 11) is 0. The lowest BCUT2D eigenvalue weighted by Gasteiger charge is -2.09. The number of amides is 1. The van der Waals surface area contributed by atoms with E-state index < -0.39 is 0 Å². The molecule has 2 aromatic carbocycles. The number of nitrogens with one attached hydrogen (secondary N) is 3. The molecule has 6 nitrogen and oxygen atoms in total. The first-order valence-electron chi connectivity index (χ1n) is 11.9. The highest BCUT2D eigenvalue weighted by Crippen LogP contribution is 2.36. The summed E-state index contributed by atoms with van der Waals surface area (Å²) in [6, 6.07) is 20.6. The number of pyridine rings is 1. The van der Waals surface area contributed by atoms with Crippen LogP contribution in [0.5, 0.6) is 0 Å². The maximum atomic E-state index is 12.3. The van der Waals surface area contributed by atoms with Gasteiger partial charge < -0.3 is 10.3 Å². The van der Waals surface area contributed by atoms with Gasteiger partial charge >= 0.3 is 0 Å². The third-order valence-electron chi connectivity index (χ3n) is 6.22. The third-order valence-corrected chi connectivity index (χ3v) is 7.13. The summed E-state index contributed by atoms with van der Waals surface area (Å²) in [5.41, 5.74) is 7.75. The predicted octanol–water partition coefficient (Wildman–Crippen LogP) is 7.49. The lowest BCUT2D eigenvalue weighted by Crippen LogP contribution is -2.13. The standard InChI is InChI=1S/C29H25N5OS/c1-17(2)11-28(35)31-20-6-3-5-18(12-20)19-8-9-24-22(13-19)29(34-33-24)25-14-21-23(27-7-4-10-36-27)15-30-16-26(21)32-25/h3-10,12-17,32H,11H2,1-2H3,(H,31,35)(H,33,34). The number of hydrogen-bond donors (Lipinski definition) is 3. The molecule has 36 heavy (non-hydrogen) atoms. The normalized spacial score (nSPS) is 11.5. The number of hydrogen-bond acceptors (Lipinski definition) is 4. The minimum absolute atomic E-state index is 0.0324. The van der Waals surface area contributed by atoms with Gasteiger partial charge in [0.15, 0.2) is 0 Å². The Morgan fingerprint density at radius 2 is 1.86 bits per heavy atom. The number of thiophene rings is 1. The van der Waals surface area contributed by atoms with Crippen molar-refractivity contribution < 1.29 is 4.79 Å². The fourth-order valence-corrected chi connectivity index (χ4v) is 5.32. The summed E-state index contributed by atoms with van der Waals surface area (Å²) in [5.74, 6) is 0.349. The Kier molecular flexibility index (Phi) is 5.62. The average Bonchev–Trinajstić information content (AvgIpc) is 3.62. The van der Waals surface area contributed by atoms with Crippen LogP contribution in [0.1, 0.15) is 20.3 Å². The van der Waals surface area contributed by atoms with Gasteiger partial charge in [-0.3, -0.25) is 14.9 Å². The predicted molar refractivity (Wildman–Crippen MR) is 148 cm³/mol. The molecule has 4 aromatic heterocycles. The van der Waals surface area contributed by atoms with Gasteiger partial charge in [0.05, 0.1) is 22.9 Å². The summed E-state index contributed by atoms with van der Waals surface area (Å²) >= 11 is 1.71. The molecule has 0 bridgehead atoms. The molecule has 178 valence electrons. The number of carbonyl (C=O) groups excluding carboxylic acids is 1. The molecule has 4 heterocycles. The molecule has 0 unspecified atom stereocenters. The highest BCUT2D eigenvalue weighted by Gasteiger charge is 2.15. The molecule has 0 saturated carbocycles. The van der Waals surface area contributed by atoms with Crippen molar-refractivity contribution in [3.05, 3.63) is 78.4 Å². The first-order valence-corrected chi connectivity index (χ1v) is 12.8. The van der Waals surface area contributed by atoms with E-state index in [2.05, 4.69) is 67.3 Å². The van der Waals surface area contributed by atoms with Crippen molar-refractivity contribution in [3.8, 4) is 33.0 Å². The van der Waals surface area contributed by atoms with E-state index in [-0.39, 0.29) is 5.91 Å². The van der Waals surface area contributed by atoms with Crippen LogP contribution in [0, 0.1) is 5.92 Å². The number of aromatic nitrogens is 4. The van der Waals surface area contributed by atoms with Gasteiger partial charge in [-0.2, -0.15) is 5.10 Å². The number of rotatable bonds is 6. The lowest BCUT2D eigenvalue weighted by atomic mass is 10.0. The monoisotopic (exact) mass is 491 g/mol. The summed E-state index contributed by atoms with van der Waals surface area (Å²) in [5, 5.41) is 15.1. The van der Waals surface area contributed by atoms with Crippen LogP contribution in [0.2, 0.25) is 0 Å². The van der Waals surface area contributed by atoms with Crippen molar-refractivity contribution in [1.82, 2.24) is 20.2 Å². The minimum Gasteiger partial charge on any atom is -0.352 e. The van der Waals surface area contributed by atoms with Crippen LogP contribution in [-0.2, 0) is 4.79 Å². The van der Waals surface area contributed by atoms with Crippen LogP contribution in [0.3, 0.4) is 0 Å². The van der Waals surface area contributed by atoms with E-state index in [1.165, 1.54) is 4.88 Å². The van der Waals surface area contributed by atoms with Crippen molar-refractivity contribution in [2.45, 2.75) is 20.3 Å². The summed E-state index contributed by atoms with van der Waals surface area (Å²) < 4.78 is 0. The maximum absolute atomic E-state index is 12.3. The van der Waals surface area contributed by atoms with Gasteiger partial charge in [-0.05, 0) is 58.8 Å². The van der Waals surface area contributed by atoms with Gasteiger partial charge in [0, 0.05) is 39.5 Å². The van der Waals surface area contributed by atoms with Crippen molar-refractivity contribution in [3.63, 3.8) is 0 Å². The van der Waals surface area contributed by atoms with Gasteiger partial charge in [-0.1, -0.05) is 38.1 Å². The van der Waals surface area contributed by atoms with E-state index in [0.29, 0.717) is 12.3 Å². The van der Waals surface area contributed by atoms with E-state index in [9.17, 15) is 4.79 Å². The summed E-state index contributed by atoms with van der Waals surface area (Å²) in [4.78, 5) is 21.4. The minimum atomic E-state index is 0.0324. The Morgan fingerprint density at radius 1 is 0.972 bits per heavy atom. The van der Waals surface area contributed by atoms with Crippen molar-refractivity contribution in [2.75, 3.05) is 5.32 Å². The molecule has 6 aromatic rings. The average molecular weight is 492 g/mol. The molecule has 7 heteroatoms. The van der Waals surface area contributed by atoms with Gasteiger partial charge in [-0.25, -0.2) is 0 Å². The zero-order valence-electron chi connectivity index (χ0n) is 20.0. The van der Waals surface area contributed by atoms with Crippen molar-refractivity contribution in [2.24, 2.45) is 5.92 Å². The molecule has 0 aliphatic heterocycles. The smallest absolute Gasteiger partial charge is 0.224 e. The molecule has 0 aliphatic rings. The fourth-order valence-electron chi connectivity index (χ4n) is 4.57. The SMILES string of the molecule is CC(C)CC(=O)Nc1cccc(-c2ccc3[nH]nc(-c4cc5c(-c6cccs6)cncc5[nH]4)c3c2)c1. The number of benzene rings is 2. The second-order valence-electron chi connectivity index (χ2n) is 9.37. The molecule has 0 atom stereocenters. The Balaban J connectivity index is 1.38. The number of aromatic amines is 2. The molecule has 3 N–H and O–H groups in total. The maximum Gasteiger partial charge on any atom is 0.224 e. The third kappa shape index (κ3) is 4.18. The first kappa shape index (κ1) is 22.2. The van der Waals surface area contributed by atoms with Crippen LogP contribution < -0.4 is 5.32 Å². The number of anilines is 1. The Morgan fingerprint density at radius 3 is 2.69 bits per heavy atom. The number of fused-ring (bicyclic) bond motifs is 2. The molecule has 0 radical (unpaired) electrons. The fraction of sp³-hybridized carbons (Fsp3) is 0.138. The van der Waals surface area contributed by atoms with Gasteiger partial charge in [0.2, 0.25) is 5.91 Å². The van der Waals surface area contributed by atoms with E-state index in [1.807, 2.05) is 50.5 Å². The second kappa shape index (κ2) is 9.09.